The highest BCUT2D eigenvalue weighted by molar-refractivity contribution is 5.69. The summed E-state index contributed by atoms with van der Waals surface area (Å²) in [6.07, 6.45) is 8.18. The largest absolute Gasteiger partial charge is 0.457 e. The molecule has 0 saturated carbocycles. The van der Waals surface area contributed by atoms with Crippen molar-refractivity contribution in [2.75, 3.05) is 22.9 Å². The Balaban J connectivity index is 1.31. The lowest BCUT2D eigenvalue weighted by molar-refractivity contribution is 0.481. The second-order valence-electron chi connectivity index (χ2n) is 9.58. The maximum atomic E-state index is 6.43. The molecule has 0 bridgehead atoms. The predicted molar refractivity (Wildman–Crippen MR) is 142 cm³/mol. The first-order valence-electron chi connectivity index (χ1n) is 12.5. The summed E-state index contributed by atoms with van der Waals surface area (Å²) in [7, 11) is 0. The van der Waals surface area contributed by atoms with Crippen molar-refractivity contribution < 1.29 is 4.74 Å². The van der Waals surface area contributed by atoms with E-state index in [0.29, 0.717) is 0 Å². The number of aryl methyl sites for hydroxylation is 4. The van der Waals surface area contributed by atoms with E-state index >= 15 is 0 Å². The number of benzene rings is 2. The highest BCUT2D eigenvalue weighted by Gasteiger charge is 2.22. The van der Waals surface area contributed by atoms with Gasteiger partial charge in [0.25, 0.3) is 0 Å². The number of fused-ring (bicyclic) bond motifs is 2. The molecule has 0 radical (unpaired) electrons. The van der Waals surface area contributed by atoms with Crippen LogP contribution in [0.2, 0.25) is 0 Å². The molecule has 0 saturated heterocycles. The van der Waals surface area contributed by atoms with Crippen LogP contribution in [0.15, 0.2) is 73.1 Å². The van der Waals surface area contributed by atoms with Gasteiger partial charge in [-0.1, -0.05) is 12.1 Å². The Bertz CT molecular complexity index is 1280. The van der Waals surface area contributed by atoms with Gasteiger partial charge in [-0.25, -0.2) is 9.97 Å². The molecule has 0 aliphatic carbocycles. The Labute approximate surface area is 207 Å². The summed E-state index contributed by atoms with van der Waals surface area (Å²) in [5.74, 6) is 3.69. The third kappa shape index (κ3) is 4.34. The molecule has 176 valence electrons. The van der Waals surface area contributed by atoms with Crippen molar-refractivity contribution in [2.24, 2.45) is 0 Å². The van der Waals surface area contributed by atoms with Gasteiger partial charge >= 0.3 is 0 Å². The molecule has 2 aliphatic rings. The van der Waals surface area contributed by atoms with Crippen LogP contribution in [0.3, 0.4) is 0 Å². The number of rotatable bonds is 4. The Morgan fingerprint density at radius 3 is 1.57 bits per heavy atom. The number of pyridine rings is 2. The van der Waals surface area contributed by atoms with Crippen molar-refractivity contribution in [3.05, 3.63) is 95.3 Å². The van der Waals surface area contributed by atoms with Crippen molar-refractivity contribution in [2.45, 2.75) is 39.5 Å². The van der Waals surface area contributed by atoms with Gasteiger partial charge in [0.1, 0.15) is 23.1 Å². The Hall–Kier alpha value is -3.86. The van der Waals surface area contributed by atoms with Crippen LogP contribution in [-0.2, 0) is 12.8 Å². The fourth-order valence-corrected chi connectivity index (χ4v) is 5.18. The average Bonchev–Trinajstić information content (AvgIpc) is 2.88. The maximum Gasteiger partial charge on any atom is 0.133 e. The minimum Gasteiger partial charge on any atom is -0.457 e. The third-order valence-corrected chi connectivity index (χ3v) is 6.94. The number of hydrogen-bond acceptors (Lipinski definition) is 5. The van der Waals surface area contributed by atoms with Crippen molar-refractivity contribution in [3.8, 4) is 11.5 Å². The van der Waals surface area contributed by atoms with Gasteiger partial charge in [0.05, 0.1) is 0 Å². The zero-order chi connectivity index (χ0) is 23.8. The number of anilines is 4. The molecular weight excluding hydrogens is 432 g/mol. The summed E-state index contributed by atoms with van der Waals surface area (Å²) < 4.78 is 6.43. The van der Waals surface area contributed by atoms with Gasteiger partial charge in [-0.05, 0) is 98.2 Å². The smallest absolute Gasteiger partial charge is 0.133 e. The van der Waals surface area contributed by atoms with E-state index in [4.69, 9.17) is 4.74 Å². The molecule has 0 spiro atoms. The zero-order valence-electron chi connectivity index (χ0n) is 20.4. The van der Waals surface area contributed by atoms with Crippen LogP contribution >= 0.6 is 0 Å². The molecule has 0 amide bonds. The molecule has 4 aromatic rings. The molecule has 6 rings (SSSR count). The van der Waals surface area contributed by atoms with E-state index in [0.717, 1.165) is 61.9 Å². The first-order valence-corrected chi connectivity index (χ1v) is 12.5. The molecule has 35 heavy (non-hydrogen) atoms. The van der Waals surface area contributed by atoms with Gasteiger partial charge < -0.3 is 14.5 Å². The summed E-state index contributed by atoms with van der Waals surface area (Å²) in [4.78, 5) is 13.9. The average molecular weight is 463 g/mol. The van der Waals surface area contributed by atoms with Crippen LogP contribution in [0.5, 0.6) is 11.5 Å². The third-order valence-electron chi connectivity index (χ3n) is 6.94. The molecule has 5 heteroatoms. The lowest BCUT2D eigenvalue weighted by Crippen LogP contribution is -2.25. The fraction of sp³-hybridized carbons (Fsp3) is 0.267. The number of nitrogens with zero attached hydrogens (tertiary/aromatic N) is 4. The number of ether oxygens (including phenoxy) is 1. The predicted octanol–water partition coefficient (Wildman–Crippen LogP) is 7.05. The molecule has 0 N–H and O–H groups in total. The Morgan fingerprint density at radius 2 is 1.11 bits per heavy atom. The highest BCUT2D eigenvalue weighted by Crippen LogP contribution is 2.39. The summed E-state index contributed by atoms with van der Waals surface area (Å²) in [6, 6.07) is 21.3. The molecular formula is C30H30N4O. The molecule has 0 unspecified atom stereocenters. The maximum absolute atomic E-state index is 6.43. The molecule has 4 heterocycles. The van der Waals surface area contributed by atoms with Crippen molar-refractivity contribution >= 4 is 23.0 Å². The van der Waals surface area contributed by atoms with Gasteiger partial charge in [-0.15, -0.1) is 0 Å². The van der Waals surface area contributed by atoms with E-state index in [-0.39, 0.29) is 0 Å². The van der Waals surface area contributed by atoms with Gasteiger partial charge in [0.15, 0.2) is 0 Å². The normalized spacial score (nSPS) is 14.9. The second kappa shape index (κ2) is 9.06. The van der Waals surface area contributed by atoms with Gasteiger partial charge in [-0.3, -0.25) is 0 Å². The van der Waals surface area contributed by atoms with Crippen LogP contribution in [-0.4, -0.2) is 23.1 Å². The van der Waals surface area contributed by atoms with Crippen molar-refractivity contribution in [1.29, 1.82) is 0 Å². The Kier molecular flexibility index (Phi) is 5.61. The fourth-order valence-electron chi connectivity index (χ4n) is 5.18. The van der Waals surface area contributed by atoms with E-state index in [2.05, 4.69) is 82.1 Å². The summed E-state index contributed by atoms with van der Waals surface area (Å²) >= 11 is 0. The molecule has 5 nitrogen and oxygen atoms in total. The second-order valence-corrected chi connectivity index (χ2v) is 9.58. The van der Waals surface area contributed by atoms with Gasteiger partial charge in [-0.2, -0.15) is 0 Å². The quantitative estimate of drug-likeness (QED) is 0.325. The number of aromatic nitrogens is 2. The first-order chi connectivity index (χ1) is 17.1. The zero-order valence-corrected chi connectivity index (χ0v) is 20.4. The van der Waals surface area contributed by atoms with Crippen LogP contribution < -0.4 is 14.5 Å². The van der Waals surface area contributed by atoms with Crippen molar-refractivity contribution in [3.63, 3.8) is 0 Å². The van der Waals surface area contributed by atoms with E-state index in [1.807, 2.05) is 24.5 Å². The van der Waals surface area contributed by atoms with Crippen LogP contribution in [0, 0.1) is 13.8 Å². The minimum atomic E-state index is 0.847. The molecule has 2 aromatic carbocycles. The highest BCUT2D eigenvalue weighted by atomic mass is 16.5. The lowest BCUT2D eigenvalue weighted by Gasteiger charge is -2.31. The topological polar surface area (TPSA) is 41.5 Å². The number of hydrogen-bond donors (Lipinski definition) is 0. The summed E-state index contributed by atoms with van der Waals surface area (Å²) in [6.45, 7) is 6.15. The van der Waals surface area contributed by atoms with E-state index in [9.17, 15) is 0 Å². The molecule has 0 atom stereocenters. The summed E-state index contributed by atoms with van der Waals surface area (Å²) in [5, 5.41) is 0. The SMILES string of the molecule is Cc1ccnc(N2CCCc3ccc(Oc4ccc5c(c4)N(c4cc(C)ccn4)CCC5)cc32)c1. The molecule has 2 aromatic heterocycles. The van der Waals surface area contributed by atoms with Crippen molar-refractivity contribution in [1.82, 2.24) is 9.97 Å². The van der Waals surface area contributed by atoms with E-state index in [1.165, 1.54) is 33.6 Å². The summed E-state index contributed by atoms with van der Waals surface area (Å²) in [5.41, 5.74) is 7.50. The van der Waals surface area contributed by atoms with Gasteiger partial charge in [0.2, 0.25) is 0 Å². The lowest BCUT2D eigenvalue weighted by atomic mass is 10.0. The Morgan fingerprint density at radius 1 is 0.629 bits per heavy atom. The van der Waals surface area contributed by atoms with E-state index < -0.39 is 0 Å². The molecule has 0 fully saturated rings. The van der Waals surface area contributed by atoms with Crippen LogP contribution in [0.4, 0.5) is 23.0 Å². The monoisotopic (exact) mass is 462 g/mol. The minimum absolute atomic E-state index is 0.847. The van der Waals surface area contributed by atoms with Gasteiger partial charge in [0, 0.05) is 49.0 Å². The molecule has 2 aliphatic heterocycles. The van der Waals surface area contributed by atoms with Crippen LogP contribution in [0.25, 0.3) is 0 Å². The standard InChI is InChI=1S/C30H30N4O/c1-21-11-13-31-29(17-21)33-15-3-5-23-7-9-25(19-27(23)33)35-26-10-8-24-6-4-16-34(28(24)20-26)30-18-22(2)12-14-32-30/h7-14,17-20H,3-6,15-16H2,1-2H3. The van der Waals surface area contributed by atoms with E-state index in [1.54, 1.807) is 0 Å². The first kappa shape index (κ1) is 21.7. The van der Waals surface area contributed by atoms with Crippen LogP contribution in [0.1, 0.15) is 35.1 Å².